The van der Waals surface area contributed by atoms with Gasteiger partial charge in [-0.05, 0) is 38.2 Å². The fraction of sp³-hybridized carbons (Fsp3) is 0.200. The van der Waals surface area contributed by atoms with Crippen molar-refractivity contribution in [2.75, 3.05) is 20.1 Å². The second kappa shape index (κ2) is 7.62. The van der Waals surface area contributed by atoms with Crippen molar-refractivity contribution < 1.29 is 27.3 Å². The van der Waals surface area contributed by atoms with E-state index < -0.39 is 29.1 Å². The van der Waals surface area contributed by atoms with Gasteiger partial charge >= 0.3 is 19.1 Å². The summed E-state index contributed by atoms with van der Waals surface area (Å²) in [6.07, 6.45) is 0. The van der Waals surface area contributed by atoms with E-state index in [9.17, 15) is 18.0 Å². The average molecular weight is 426 g/mol. The van der Waals surface area contributed by atoms with Crippen molar-refractivity contribution >= 4 is 45.6 Å². The molecule has 3 aromatic rings. The van der Waals surface area contributed by atoms with E-state index >= 15 is 0 Å². The minimum atomic E-state index is -4.06. The molecule has 0 amide bonds. The number of aromatic nitrogens is 1. The van der Waals surface area contributed by atoms with Crippen LogP contribution in [0, 0.1) is 6.92 Å². The van der Waals surface area contributed by atoms with E-state index in [2.05, 4.69) is 0 Å². The summed E-state index contributed by atoms with van der Waals surface area (Å²) in [5, 5.41) is 0.606. The lowest BCUT2D eigenvalue weighted by atomic mass is 9.84. The molecule has 10 heteroatoms. The van der Waals surface area contributed by atoms with E-state index in [1.807, 2.05) is 6.92 Å². The van der Waals surface area contributed by atoms with Crippen molar-refractivity contribution in [3.8, 4) is 0 Å². The van der Waals surface area contributed by atoms with Gasteiger partial charge in [-0.25, -0.2) is 12.4 Å². The molecule has 0 unspecified atom stereocenters. The Balaban J connectivity index is 1.90. The number of benzene rings is 2. The summed E-state index contributed by atoms with van der Waals surface area (Å²) in [5.41, 5.74) is 1.35. The number of likely N-dealkylation sites (N-methyl/N-ethyl adjacent to an activating group) is 1. The molecule has 154 valence electrons. The van der Waals surface area contributed by atoms with Gasteiger partial charge in [0.15, 0.2) is 0 Å². The van der Waals surface area contributed by atoms with Crippen LogP contribution in [0.4, 0.5) is 0 Å². The molecule has 8 nitrogen and oxygen atoms in total. The topological polar surface area (TPSA) is 94.9 Å². The summed E-state index contributed by atoms with van der Waals surface area (Å²) in [7, 11) is -3.96. The molecule has 0 aliphatic carbocycles. The van der Waals surface area contributed by atoms with Crippen LogP contribution in [0.2, 0.25) is 0 Å². The molecule has 0 saturated carbocycles. The van der Waals surface area contributed by atoms with Gasteiger partial charge < -0.3 is 9.31 Å². The molecule has 1 fully saturated rings. The van der Waals surface area contributed by atoms with Crippen LogP contribution in [-0.2, 0) is 28.9 Å². The zero-order chi connectivity index (χ0) is 21.5. The maximum Gasteiger partial charge on any atom is 0.655 e. The highest BCUT2D eigenvalue weighted by atomic mass is 32.2. The lowest BCUT2D eigenvalue weighted by Gasteiger charge is -2.23. The van der Waals surface area contributed by atoms with Crippen LogP contribution < -0.4 is 5.59 Å². The quantitative estimate of drug-likeness (QED) is 0.575. The zero-order valence-electron chi connectivity index (χ0n) is 16.4. The van der Waals surface area contributed by atoms with Crippen molar-refractivity contribution in [3.63, 3.8) is 0 Å². The molecule has 2 aromatic carbocycles. The molecule has 1 aliphatic heterocycles. The van der Waals surface area contributed by atoms with Crippen LogP contribution in [0.15, 0.2) is 59.5 Å². The Hall–Kier alpha value is -3.11. The number of aryl methyl sites for hydroxylation is 1. The van der Waals surface area contributed by atoms with Gasteiger partial charge in [0.05, 0.1) is 29.1 Å². The summed E-state index contributed by atoms with van der Waals surface area (Å²) in [5.74, 6) is -1.25. The monoisotopic (exact) mass is 426 g/mol. The number of hydrogen-bond donors (Lipinski definition) is 0. The summed E-state index contributed by atoms with van der Waals surface area (Å²) >= 11 is 0. The zero-order valence-corrected chi connectivity index (χ0v) is 17.3. The van der Waals surface area contributed by atoms with Gasteiger partial charge in [0, 0.05) is 5.39 Å². The first-order valence-corrected chi connectivity index (χ1v) is 10.7. The van der Waals surface area contributed by atoms with Crippen LogP contribution in [0.1, 0.15) is 5.56 Å². The molecule has 0 N–H and O–H groups in total. The van der Waals surface area contributed by atoms with Gasteiger partial charge in [0.2, 0.25) is 0 Å². The highest BCUT2D eigenvalue weighted by Gasteiger charge is 2.39. The smallest absolute Gasteiger partial charge is 0.493 e. The molecule has 1 aromatic heterocycles. The third-order valence-corrected chi connectivity index (χ3v) is 6.53. The van der Waals surface area contributed by atoms with E-state index in [4.69, 9.17) is 9.31 Å². The summed E-state index contributed by atoms with van der Waals surface area (Å²) in [6, 6.07) is 14.8. The van der Waals surface area contributed by atoms with Crippen molar-refractivity contribution in [3.05, 3.63) is 60.2 Å². The number of hydrogen-bond acceptors (Lipinski definition) is 7. The van der Waals surface area contributed by atoms with Crippen molar-refractivity contribution in [1.29, 1.82) is 0 Å². The van der Waals surface area contributed by atoms with Crippen LogP contribution in [-0.4, -0.2) is 56.5 Å². The number of carbonyl (C=O) groups is 2. The van der Waals surface area contributed by atoms with Gasteiger partial charge in [-0.1, -0.05) is 35.9 Å². The molecule has 4 rings (SSSR count). The first-order valence-electron chi connectivity index (χ1n) is 9.26. The SMILES string of the molecule is Cc1ccc(S(=O)(=O)n2c(B3OC(=O)CN(C)CC(=O)O3)cc3ccccc32)cc1. The van der Waals surface area contributed by atoms with Crippen molar-refractivity contribution in [1.82, 2.24) is 8.87 Å². The Morgan fingerprint density at radius 1 is 0.933 bits per heavy atom. The fourth-order valence-corrected chi connectivity index (χ4v) is 4.89. The second-order valence-electron chi connectivity index (χ2n) is 7.19. The fourth-order valence-electron chi connectivity index (χ4n) is 3.35. The number of para-hydroxylation sites is 1. The second-order valence-corrected chi connectivity index (χ2v) is 8.98. The van der Waals surface area contributed by atoms with Gasteiger partial charge in [-0.2, -0.15) is 0 Å². The summed E-state index contributed by atoms with van der Waals surface area (Å²) in [6.45, 7) is 1.63. The maximum absolute atomic E-state index is 13.5. The average Bonchev–Trinajstić information content (AvgIpc) is 3.06. The maximum atomic E-state index is 13.5. The Bertz CT molecular complexity index is 1220. The number of rotatable bonds is 3. The van der Waals surface area contributed by atoms with Gasteiger partial charge in [0.25, 0.3) is 10.0 Å². The first-order chi connectivity index (χ1) is 14.3. The molecule has 1 aliphatic rings. The van der Waals surface area contributed by atoms with Crippen molar-refractivity contribution in [2.45, 2.75) is 11.8 Å². The predicted molar refractivity (Wildman–Crippen MR) is 111 cm³/mol. The number of carbonyl (C=O) groups excluding carboxylic acids is 2. The lowest BCUT2D eigenvalue weighted by Crippen LogP contribution is -2.50. The third-order valence-electron chi connectivity index (χ3n) is 4.77. The van der Waals surface area contributed by atoms with Gasteiger partial charge in [0.1, 0.15) is 0 Å². The van der Waals surface area contributed by atoms with Gasteiger partial charge in [-0.15, -0.1) is 0 Å². The Morgan fingerprint density at radius 3 is 2.17 bits per heavy atom. The highest BCUT2D eigenvalue weighted by molar-refractivity contribution is 7.90. The molecular weight excluding hydrogens is 407 g/mol. The first kappa shape index (κ1) is 20.2. The number of fused-ring (bicyclic) bond motifs is 1. The van der Waals surface area contributed by atoms with E-state index in [0.29, 0.717) is 10.9 Å². The molecule has 2 heterocycles. The summed E-state index contributed by atoms with van der Waals surface area (Å²) in [4.78, 5) is 25.9. The van der Waals surface area contributed by atoms with Crippen LogP contribution in [0.5, 0.6) is 0 Å². The lowest BCUT2D eigenvalue weighted by molar-refractivity contribution is -0.145. The molecule has 0 radical (unpaired) electrons. The third kappa shape index (κ3) is 3.71. The van der Waals surface area contributed by atoms with E-state index in [1.165, 1.54) is 17.0 Å². The van der Waals surface area contributed by atoms with Crippen LogP contribution in [0.25, 0.3) is 10.9 Å². The van der Waals surface area contributed by atoms with Crippen LogP contribution >= 0.6 is 0 Å². The predicted octanol–water partition coefficient (Wildman–Crippen LogP) is 0.914. The van der Waals surface area contributed by atoms with E-state index in [1.54, 1.807) is 49.5 Å². The minimum absolute atomic E-state index is 0.0445. The Kier molecular flexibility index (Phi) is 5.12. The largest absolute Gasteiger partial charge is 0.655 e. The van der Waals surface area contributed by atoms with E-state index in [-0.39, 0.29) is 23.6 Å². The minimum Gasteiger partial charge on any atom is -0.493 e. The number of nitrogens with zero attached hydrogens (tertiary/aromatic N) is 2. The molecule has 1 saturated heterocycles. The Morgan fingerprint density at radius 2 is 1.53 bits per heavy atom. The molecule has 0 atom stereocenters. The Labute approximate surface area is 174 Å². The molecule has 0 bridgehead atoms. The van der Waals surface area contributed by atoms with Crippen LogP contribution in [0.3, 0.4) is 0 Å². The van der Waals surface area contributed by atoms with E-state index in [0.717, 1.165) is 9.54 Å². The normalized spacial score (nSPS) is 16.1. The summed E-state index contributed by atoms with van der Waals surface area (Å²) < 4.78 is 38.8. The highest BCUT2D eigenvalue weighted by Crippen LogP contribution is 2.22. The molecule has 30 heavy (non-hydrogen) atoms. The molecule has 0 spiro atoms. The van der Waals surface area contributed by atoms with Gasteiger partial charge in [-0.3, -0.25) is 14.5 Å². The van der Waals surface area contributed by atoms with Crippen molar-refractivity contribution in [2.24, 2.45) is 0 Å². The standard InChI is InChI=1S/C20H19BN2O6S/c1-14-7-9-16(10-8-14)30(26,27)23-17-6-4-3-5-15(17)11-18(23)21-28-19(24)12-22(2)13-20(25)29-21/h3-11H,12-13H2,1-2H3. The molecular formula is C20H19BN2O6S.